The summed E-state index contributed by atoms with van der Waals surface area (Å²) in [5, 5.41) is 13.6. The van der Waals surface area contributed by atoms with E-state index in [9.17, 15) is 19.7 Å². The number of nitrogens with zero attached hydrogens (tertiary/aromatic N) is 2. The van der Waals surface area contributed by atoms with Crippen LogP contribution in [-0.2, 0) is 4.79 Å². The molecule has 0 atom stereocenters. The summed E-state index contributed by atoms with van der Waals surface area (Å²) in [4.78, 5) is 39.1. The SMILES string of the molecule is CC(=O)c1sc(NC(=O)C=Cc2ccc([N+](=O)[O-])cc2)nc1-c1ccccc1. The Balaban J connectivity index is 1.75. The molecule has 0 saturated carbocycles. The summed E-state index contributed by atoms with van der Waals surface area (Å²) in [6, 6.07) is 15.1. The Hall–Kier alpha value is -3.65. The van der Waals surface area contributed by atoms with Gasteiger partial charge in [-0.3, -0.25) is 25.0 Å². The predicted molar refractivity (Wildman–Crippen MR) is 108 cm³/mol. The van der Waals surface area contributed by atoms with Crippen LogP contribution in [0.1, 0.15) is 22.2 Å². The third-order valence-corrected chi connectivity index (χ3v) is 4.83. The first kappa shape index (κ1) is 19.1. The van der Waals surface area contributed by atoms with E-state index in [-0.39, 0.29) is 11.5 Å². The van der Waals surface area contributed by atoms with Gasteiger partial charge in [0, 0.05) is 30.7 Å². The maximum Gasteiger partial charge on any atom is 0.269 e. The lowest BCUT2D eigenvalue weighted by atomic mass is 10.1. The van der Waals surface area contributed by atoms with Gasteiger partial charge < -0.3 is 0 Å². The van der Waals surface area contributed by atoms with Gasteiger partial charge in [-0.05, 0) is 23.8 Å². The number of carbonyl (C=O) groups excluding carboxylic acids is 2. The summed E-state index contributed by atoms with van der Waals surface area (Å²) >= 11 is 1.12. The van der Waals surface area contributed by atoms with Crippen LogP contribution in [0.25, 0.3) is 17.3 Å². The van der Waals surface area contributed by atoms with Crippen LogP contribution < -0.4 is 5.32 Å². The van der Waals surface area contributed by atoms with Crippen molar-refractivity contribution < 1.29 is 14.5 Å². The molecule has 0 aliphatic rings. The smallest absolute Gasteiger partial charge is 0.269 e. The van der Waals surface area contributed by atoms with E-state index in [1.807, 2.05) is 30.3 Å². The monoisotopic (exact) mass is 393 g/mol. The highest BCUT2D eigenvalue weighted by molar-refractivity contribution is 7.18. The lowest BCUT2D eigenvalue weighted by Gasteiger charge is -1.98. The fraction of sp³-hybridized carbons (Fsp3) is 0.0500. The van der Waals surface area contributed by atoms with Gasteiger partial charge in [-0.2, -0.15) is 0 Å². The van der Waals surface area contributed by atoms with E-state index >= 15 is 0 Å². The van der Waals surface area contributed by atoms with Gasteiger partial charge in [0.25, 0.3) is 5.69 Å². The van der Waals surface area contributed by atoms with Crippen molar-refractivity contribution in [2.75, 3.05) is 5.32 Å². The minimum Gasteiger partial charge on any atom is -0.298 e. The van der Waals surface area contributed by atoms with Crippen molar-refractivity contribution in [2.45, 2.75) is 6.92 Å². The lowest BCUT2D eigenvalue weighted by Crippen LogP contribution is -2.07. The van der Waals surface area contributed by atoms with Crippen LogP contribution in [0.15, 0.2) is 60.7 Å². The van der Waals surface area contributed by atoms with Gasteiger partial charge in [-0.1, -0.05) is 41.7 Å². The van der Waals surface area contributed by atoms with Crippen LogP contribution in [0.5, 0.6) is 0 Å². The Morgan fingerprint density at radius 2 is 1.79 bits per heavy atom. The molecule has 0 aliphatic heterocycles. The van der Waals surface area contributed by atoms with Crippen LogP contribution in [0.3, 0.4) is 0 Å². The number of benzene rings is 2. The van der Waals surface area contributed by atoms with E-state index < -0.39 is 10.8 Å². The van der Waals surface area contributed by atoms with Gasteiger partial charge in [-0.15, -0.1) is 0 Å². The second-order valence-corrected chi connectivity index (χ2v) is 6.79. The van der Waals surface area contributed by atoms with Crippen molar-refractivity contribution in [1.29, 1.82) is 0 Å². The molecule has 1 N–H and O–H groups in total. The zero-order valence-electron chi connectivity index (χ0n) is 14.8. The number of amides is 1. The fourth-order valence-corrected chi connectivity index (χ4v) is 3.32. The van der Waals surface area contributed by atoms with Crippen molar-refractivity contribution in [1.82, 2.24) is 4.98 Å². The molecule has 2 aromatic carbocycles. The fourth-order valence-electron chi connectivity index (χ4n) is 2.43. The number of nitrogens with one attached hydrogen (secondary N) is 1. The largest absolute Gasteiger partial charge is 0.298 e. The van der Waals surface area contributed by atoms with Crippen LogP contribution in [0.2, 0.25) is 0 Å². The molecule has 140 valence electrons. The number of carbonyl (C=O) groups is 2. The molecule has 0 saturated heterocycles. The van der Waals surface area contributed by atoms with Gasteiger partial charge >= 0.3 is 0 Å². The standard InChI is InChI=1S/C20H15N3O4S/c1-13(24)19-18(15-5-3-2-4-6-15)22-20(28-19)21-17(25)12-9-14-7-10-16(11-8-14)23(26)27/h2-12H,1H3,(H,21,22,25). The zero-order chi connectivity index (χ0) is 20.1. The van der Waals surface area contributed by atoms with E-state index in [0.29, 0.717) is 21.3 Å². The molecule has 0 bridgehead atoms. The van der Waals surface area contributed by atoms with Crippen molar-refractivity contribution >= 4 is 39.9 Å². The van der Waals surface area contributed by atoms with Crippen LogP contribution in [0.4, 0.5) is 10.8 Å². The normalized spacial score (nSPS) is 10.8. The molecular weight excluding hydrogens is 378 g/mol. The number of nitro groups is 1. The molecule has 3 rings (SSSR count). The number of aromatic nitrogens is 1. The number of Topliss-reactive ketones (excluding diaryl/α,β-unsaturated/α-hetero) is 1. The summed E-state index contributed by atoms with van der Waals surface area (Å²) in [7, 11) is 0. The van der Waals surface area contributed by atoms with E-state index in [1.54, 1.807) is 12.1 Å². The minimum atomic E-state index is -0.487. The van der Waals surface area contributed by atoms with Crippen molar-refractivity contribution in [2.24, 2.45) is 0 Å². The van der Waals surface area contributed by atoms with Gasteiger partial charge in [0.1, 0.15) is 0 Å². The van der Waals surface area contributed by atoms with Crippen LogP contribution in [-0.4, -0.2) is 21.6 Å². The molecule has 0 spiro atoms. The summed E-state index contributed by atoms with van der Waals surface area (Å²) in [5.41, 5.74) is 1.96. The molecule has 3 aromatic rings. The molecule has 7 nitrogen and oxygen atoms in total. The number of anilines is 1. The predicted octanol–water partition coefficient (Wildman–Crippen LogP) is 4.57. The Labute approximate surface area is 164 Å². The van der Waals surface area contributed by atoms with Crippen LogP contribution in [0, 0.1) is 10.1 Å². The average Bonchev–Trinajstić information content (AvgIpc) is 3.11. The number of non-ortho nitro benzene ring substituents is 1. The maximum atomic E-state index is 12.2. The van der Waals surface area contributed by atoms with Gasteiger partial charge in [0.2, 0.25) is 5.91 Å². The van der Waals surface area contributed by atoms with Crippen molar-refractivity contribution in [3.05, 3.63) is 81.2 Å². The third-order valence-electron chi connectivity index (χ3n) is 3.76. The molecule has 0 aliphatic carbocycles. The molecule has 1 aromatic heterocycles. The van der Waals surface area contributed by atoms with Gasteiger partial charge in [0.05, 0.1) is 15.5 Å². The Kier molecular flexibility index (Phi) is 5.71. The number of hydrogen-bond donors (Lipinski definition) is 1. The van der Waals surface area contributed by atoms with Crippen molar-refractivity contribution in [3.8, 4) is 11.3 Å². The van der Waals surface area contributed by atoms with Crippen molar-refractivity contribution in [3.63, 3.8) is 0 Å². The van der Waals surface area contributed by atoms with E-state index in [2.05, 4.69) is 10.3 Å². The summed E-state index contributed by atoms with van der Waals surface area (Å²) in [6.45, 7) is 1.46. The Bertz CT molecular complexity index is 1060. The quantitative estimate of drug-likeness (QED) is 0.286. The molecule has 0 radical (unpaired) electrons. The number of ketones is 1. The maximum absolute atomic E-state index is 12.2. The molecular formula is C20H15N3O4S. The number of thiazole rings is 1. The number of hydrogen-bond acceptors (Lipinski definition) is 6. The highest BCUT2D eigenvalue weighted by atomic mass is 32.1. The summed E-state index contributed by atoms with van der Waals surface area (Å²) in [5.74, 6) is -0.542. The lowest BCUT2D eigenvalue weighted by molar-refractivity contribution is -0.384. The highest BCUT2D eigenvalue weighted by Crippen LogP contribution is 2.31. The topological polar surface area (TPSA) is 102 Å². The second-order valence-electron chi connectivity index (χ2n) is 5.79. The molecule has 0 unspecified atom stereocenters. The van der Waals surface area contributed by atoms with E-state index in [0.717, 1.165) is 16.9 Å². The Morgan fingerprint density at radius 1 is 1.11 bits per heavy atom. The first-order chi connectivity index (χ1) is 13.4. The number of rotatable bonds is 6. The third kappa shape index (κ3) is 4.54. The van der Waals surface area contributed by atoms with Crippen LogP contribution >= 0.6 is 11.3 Å². The molecule has 0 fully saturated rings. The molecule has 1 amide bonds. The van der Waals surface area contributed by atoms with E-state index in [1.165, 1.54) is 31.2 Å². The molecule has 8 heteroatoms. The summed E-state index contributed by atoms with van der Waals surface area (Å²) < 4.78 is 0. The minimum absolute atomic E-state index is 0.0189. The zero-order valence-corrected chi connectivity index (χ0v) is 15.6. The Morgan fingerprint density at radius 3 is 2.39 bits per heavy atom. The first-order valence-corrected chi connectivity index (χ1v) is 9.06. The molecule has 28 heavy (non-hydrogen) atoms. The van der Waals surface area contributed by atoms with E-state index in [4.69, 9.17) is 0 Å². The highest BCUT2D eigenvalue weighted by Gasteiger charge is 2.17. The van der Waals surface area contributed by atoms with Gasteiger partial charge in [0.15, 0.2) is 10.9 Å². The summed E-state index contributed by atoms with van der Waals surface area (Å²) in [6.07, 6.45) is 2.84. The second kappa shape index (κ2) is 8.36. The first-order valence-electron chi connectivity index (χ1n) is 8.25. The molecule has 1 heterocycles. The number of nitro benzene ring substituents is 1. The van der Waals surface area contributed by atoms with Gasteiger partial charge in [-0.25, -0.2) is 4.98 Å². The average molecular weight is 393 g/mol.